The minimum Gasteiger partial charge on any atom is -0.377 e. The van der Waals surface area contributed by atoms with Crippen LogP contribution in [0.3, 0.4) is 0 Å². The van der Waals surface area contributed by atoms with Gasteiger partial charge in [0.2, 0.25) is 0 Å². The van der Waals surface area contributed by atoms with E-state index in [1.807, 2.05) is 11.7 Å². The van der Waals surface area contributed by atoms with Crippen LogP contribution in [0.1, 0.15) is 31.2 Å². The average molecular weight is 302 g/mol. The average Bonchev–Trinajstić information content (AvgIpc) is 2.91. The number of hydrogen-bond acceptors (Lipinski definition) is 3. The summed E-state index contributed by atoms with van der Waals surface area (Å²) in [7, 11) is 1.99. The van der Waals surface area contributed by atoms with Crippen molar-refractivity contribution in [2.45, 2.75) is 38.8 Å². The summed E-state index contributed by atoms with van der Waals surface area (Å²) in [5.74, 6) is 0. The van der Waals surface area contributed by atoms with Crippen LogP contribution in [0.5, 0.6) is 0 Å². The maximum Gasteiger partial charge on any atom is 0.0767 e. The van der Waals surface area contributed by atoms with Gasteiger partial charge in [-0.2, -0.15) is 5.10 Å². The zero-order chi connectivity index (χ0) is 12.3. The fourth-order valence-electron chi connectivity index (χ4n) is 2.17. The van der Waals surface area contributed by atoms with Crippen molar-refractivity contribution in [3.05, 3.63) is 15.9 Å². The first-order chi connectivity index (χ1) is 8.22. The Labute approximate surface area is 111 Å². The monoisotopic (exact) mass is 301 g/mol. The number of ether oxygens (including phenoxy) is 1. The van der Waals surface area contributed by atoms with Crippen LogP contribution < -0.4 is 5.32 Å². The Kier molecular flexibility index (Phi) is 4.59. The van der Waals surface area contributed by atoms with Gasteiger partial charge in [0.05, 0.1) is 22.0 Å². The van der Waals surface area contributed by atoms with E-state index in [-0.39, 0.29) is 0 Å². The van der Waals surface area contributed by atoms with Crippen molar-refractivity contribution in [3.8, 4) is 0 Å². The van der Waals surface area contributed by atoms with Crippen LogP contribution in [-0.4, -0.2) is 29.0 Å². The molecule has 4 nitrogen and oxygen atoms in total. The molecule has 1 aromatic rings. The SMILES string of the molecule is CCc1nn(C)c(CNCC2CCCO2)c1Br. The summed E-state index contributed by atoms with van der Waals surface area (Å²) in [5.41, 5.74) is 2.33. The lowest BCUT2D eigenvalue weighted by Crippen LogP contribution is -2.26. The lowest BCUT2D eigenvalue weighted by atomic mass is 10.2. The Morgan fingerprint density at radius 1 is 1.59 bits per heavy atom. The molecule has 0 saturated carbocycles. The van der Waals surface area contributed by atoms with Crippen molar-refractivity contribution in [1.29, 1.82) is 0 Å². The largest absolute Gasteiger partial charge is 0.377 e. The number of rotatable bonds is 5. The van der Waals surface area contributed by atoms with Gasteiger partial charge < -0.3 is 10.1 Å². The van der Waals surface area contributed by atoms with Gasteiger partial charge in [0.15, 0.2) is 0 Å². The Morgan fingerprint density at radius 2 is 2.41 bits per heavy atom. The molecule has 17 heavy (non-hydrogen) atoms. The first kappa shape index (κ1) is 13.1. The molecule has 5 heteroatoms. The zero-order valence-corrected chi connectivity index (χ0v) is 12.1. The smallest absolute Gasteiger partial charge is 0.0767 e. The minimum atomic E-state index is 0.396. The molecule has 2 rings (SSSR count). The predicted octanol–water partition coefficient (Wildman–Crippen LogP) is 2.01. The maximum atomic E-state index is 5.58. The van der Waals surface area contributed by atoms with Gasteiger partial charge in [0, 0.05) is 26.7 Å². The van der Waals surface area contributed by atoms with Gasteiger partial charge in [-0.1, -0.05) is 6.92 Å². The number of aromatic nitrogens is 2. The molecule has 0 radical (unpaired) electrons. The van der Waals surface area contributed by atoms with Crippen LogP contribution >= 0.6 is 15.9 Å². The third kappa shape index (κ3) is 3.09. The summed E-state index contributed by atoms with van der Waals surface area (Å²) >= 11 is 3.62. The normalized spacial score (nSPS) is 20.1. The highest BCUT2D eigenvalue weighted by Crippen LogP contribution is 2.21. The second-order valence-corrected chi connectivity index (χ2v) is 5.24. The van der Waals surface area contributed by atoms with Crippen LogP contribution in [0.2, 0.25) is 0 Å². The zero-order valence-electron chi connectivity index (χ0n) is 10.5. The molecule has 1 aliphatic heterocycles. The van der Waals surface area contributed by atoms with E-state index < -0.39 is 0 Å². The predicted molar refractivity (Wildman–Crippen MR) is 71.0 cm³/mol. The lowest BCUT2D eigenvalue weighted by Gasteiger charge is -2.11. The van der Waals surface area contributed by atoms with E-state index in [2.05, 4.69) is 33.3 Å². The highest BCUT2D eigenvalue weighted by Gasteiger charge is 2.16. The third-order valence-electron chi connectivity index (χ3n) is 3.19. The quantitative estimate of drug-likeness (QED) is 0.904. The second-order valence-electron chi connectivity index (χ2n) is 4.45. The summed E-state index contributed by atoms with van der Waals surface area (Å²) in [5, 5.41) is 7.92. The van der Waals surface area contributed by atoms with Gasteiger partial charge in [-0.15, -0.1) is 0 Å². The summed E-state index contributed by atoms with van der Waals surface area (Å²) in [6.07, 6.45) is 3.73. The number of nitrogens with one attached hydrogen (secondary N) is 1. The number of nitrogens with zero attached hydrogens (tertiary/aromatic N) is 2. The molecule has 1 aliphatic rings. The van der Waals surface area contributed by atoms with Crippen molar-refractivity contribution in [2.75, 3.05) is 13.2 Å². The van der Waals surface area contributed by atoms with E-state index in [1.54, 1.807) is 0 Å². The molecular formula is C12H20BrN3O. The van der Waals surface area contributed by atoms with Gasteiger partial charge in [-0.05, 0) is 35.2 Å². The molecule has 0 spiro atoms. The van der Waals surface area contributed by atoms with Crippen molar-refractivity contribution in [1.82, 2.24) is 15.1 Å². The van der Waals surface area contributed by atoms with Crippen LogP contribution in [0.4, 0.5) is 0 Å². The van der Waals surface area contributed by atoms with Crippen LogP contribution in [0, 0.1) is 0 Å². The second kappa shape index (κ2) is 5.98. The topological polar surface area (TPSA) is 39.1 Å². The van der Waals surface area contributed by atoms with E-state index in [0.29, 0.717) is 6.10 Å². The Hall–Kier alpha value is -0.390. The number of aryl methyl sites for hydroxylation is 2. The maximum absolute atomic E-state index is 5.58. The molecule has 1 saturated heterocycles. The number of halogens is 1. The molecule has 1 aromatic heterocycles. The first-order valence-electron chi connectivity index (χ1n) is 6.25. The van der Waals surface area contributed by atoms with E-state index in [4.69, 9.17) is 4.74 Å². The van der Waals surface area contributed by atoms with E-state index in [1.165, 1.54) is 18.5 Å². The van der Waals surface area contributed by atoms with Crippen molar-refractivity contribution < 1.29 is 4.74 Å². The summed E-state index contributed by atoms with van der Waals surface area (Å²) in [4.78, 5) is 0. The molecule has 0 aliphatic carbocycles. The van der Waals surface area contributed by atoms with Gasteiger partial charge >= 0.3 is 0 Å². The Balaban J connectivity index is 1.87. The molecule has 1 fully saturated rings. The molecular weight excluding hydrogens is 282 g/mol. The van der Waals surface area contributed by atoms with E-state index >= 15 is 0 Å². The third-order valence-corrected chi connectivity index (χ3v) is 4.11. The van der Waals surface area contributed by atoms with Crippen LogP contribution in [0.25, 0.3) is 0 Å². The number of hydrogen-bond donors (Lipinski definition) is 1. The first-order valence-corrected chi connectivity index (χ1v) is 7.04. The van der Waals surface area contributed by atoms with Gasteiger partial charge in [-0.25, -0.2) is 0 Å². The summed E-state index contributed by atoms with van der Waals surface area (Å²) < 4.78 is 8.67. The van der Waals surface area contributed by atoms with Crippen molar-refractivity contribution >= 4 is 15.9 Å². The molecule has 2 heterocycles. The molecule has 1 unspecified atom stereocenters. The highest BCUT2D eigenvalue weighted by molar-refractivity contribution is 9.10. The molecule has 1 atom stereocenters. The fourth-order valence-corrected chi connectivity index (χ4v) is 2.93. The summed E-state index contributed by atoms with van der Waals surface area (Å²) in [6, 6.07) is 0. The van der Waals surface area contributed by atoms with Crippen LogP contribution in [-0.2, 0) is 24.8 Å². The van der Waals surface area contributed by atoms with Crippen molar-refractivity contribution in [3.63, 3.8) is 0 Å². The molecule has 0 aromatic carbocycles. The molecule has 0 bridgehead atoms. The lowest BCUT2D eigenvalue weighted by molar-refractivity contribution is 0.110. The van der Waals surface area contributed by atoms with Gasteiger partial charge in [-0.3, -0.25) is 4.68 Å². The Bertz CT molecular complexity index is 372. The standard InChI is InChI=1S/C12H20BrN3O/c1-3-10-12(13)11(16(2)15-10)8-14-7-9-5-4-6-17-9/h9,14H,3-8H2,1-2H3. The van der Waals surface area contributed by atoms with E-state index in [0.717, 1.165) is 36.3 Å². The Morgan fingerprint density at radius 3 is 3.00 bits per heavy atom. The molecule has 0 amide bonds. The molecule has 96 valence electrons. The van der Waals surface area contributed by atoms with E-state index in [9.17, 15) is 0 Å². The van der Waals surface area contributed by atoms with Crippen LogP contribution in [0.15, 0.2) is 4.47 Å². The molecule has 1 N–H and O–H groups in total. The van der Waals surface area contributed by atoms with Gasteiger partial charge in [0.25, 0.3) is 0 Å². The highest BCUT2D eigenvalue weighted by atomic mass is 79.9. The van der Waals surface area contributed by atoms with Gasteiger partial charge in [0.1, 0.15) is 0 Å². The summed E-state index contributed by atoms with van der Waals surface area (Å²) in [6.45, 7) is 4.81. The fraction of sp³-hybridized carbons (Fsp3) is 0.750. The minimum absolute atomic E-state index is 0.396. The van der Waals surface area contributed by atoms with Crippen molar-refractivity contribution in [2.24, 2.45) is 7.05 Å².